The highest BCUT2D eigenvalue weighted by atomic mass is 16.5. The molecule has 1 aromatic rings. The Morgan fingerprint density at radius 1 is 1.50 bits per heavy atom. The maximum Gasteiger partial charge on any atom is 0.329 e. The molecule has 0 saturated carbocycles. The second-order valence-electron chi connectivity index (χ2n) is 4.83. The van der Waals surface area contributed by atoms with Crippen molar-refractivity contribution in [1.29, 1.82) is 0 Å². The lowest BCUT2D eigenvalue weighted by atomic mass is 10.1. The molecule has 1 aromatic heterocycles. The van der Waals surface area contributed by atoms with E-state index in [4.69, 9.17) is 9.47 Å². The van der Waals surface area contributed by atoms with Crippen molar-refractivity contribution in [2.75, 3.05) is 13.7 Å². The number of methoxy groups -OCH3 is 1. The largest absolute Gasteiger partial charge is 0.493 e. The third-order valence-electron chi connectivity index (χ3n) is 3.40. The number of carbonyl (C=O) groups excluding carboxylic acids is 1. The van der Waals surface area contributed by atoms with Gasteiger partial charge in [-0.2, -0.15) is 0 Å². The zero-order valence-electron chi connectivity index (χ0n) is 11.8. The van der Waals surface area contributed by atoms with Crippen LogP contribution in [0, 0.1) is 0 Å². The Labute approximate surface area is 117 Å². The summed E-state index contributed by atoms with van der Waals surface area (Å²) in [7, 11) is 1.32. The molecule has 5 heteroatoms. The molecule has 1 atom stereocenters. The molecular formula is C15H19NO4. The first-order chi connectivity index (χ1) is 9.58. The average Bonchev–Trinajstić information content (AvgIpc) is 2.76. The number of esters is 1. The number of ether oxygens (including phenoxy) is 2. The topological polar surface area (TPSA) is 57.5 Å². The van der Waals surface area contributed by atoms with Gasteiger partial charge in [0, 0.05) is 18.6 Å². The average molecular weight is 277 g/mol. The molecule has 0 aliphatic carbocycles. The Bertz CT molecular complexity index is 588. The first kappa shape index (κ1) is 14.4. The molecule has 0 aromatic carbocycles. The quantitative estimate of drug-likeness (QED) is 0.611. The van der Waals surface area contributed by atoms with Gasteiger partial charge in [-0.25, -0.2) is 4.79 Å². The minimum atomic E-state index is -0.611. The summed E-state index contributed by atoms with van der Waals surface area (Å²) in [6, 6.07) is 2.57. The predicted molar refractivity (Wildman–Crippen MR) is 75.8 cm³/mol. The molecule has 0 spiro atoms. The number of aromatic nitrogens is 1. The number of fused-ring (bicyclic) bond motifs is 1. The van der Waals surface area contributed by atoms with Gasteiger partial charge in [0.05, 0.1) is 19.4 Å². The van der Waals surface area contributed by atoms with Crippen molar-refractivity contribution in [2.45, 2.75) is 32.2 Å². The predicted octanol–water partition coefficient (Wildman–Crippen LogP) is 2.16. The zero-order valence-corrected chi connectivity index (χ0v) is 11.8. The maximum atomic E-state index is 12.2. The molecule has 0 saturated heterocycles. The number of rotatable bonds is 5. The fraction of sp³-hybridized carbons (Fsp3) is 0.467. The van der Waals surface area contributed by atoms with Gasteiger partial charge in [-0.05, 0) is 12.0 Å². The third kappa shape index (κ3) is 2.61. The van der Waals surface area contributed by atoms with Crippen molar-refractivity contribution in [1.82, 2.24) is 4.57 Å². The second-order valence-corrected chi connectivity index (χ2v) is 4.83. The van der Waals surface area contributed by atoms with Crippen LogP contribution in [0.25, 0.3) is 5.57 Å². The van der Waals surface area contributed by atoms with Crippen molar-refractivity contribution in [3.63, 3.8) is 0 Å². The van der Waals surface area contributed by atoms with Crippen LogP contribution in [0.15, 0.2) is 23.5 Å². The minimum absolute atomic E-state index is 0.261. The number of nitrogens with zero attached hydrogens (tertiary/aromatic N) is 1. The third-order valence-corrected chi connectivity index (χ3v) is 3.40. The van der Waals surface area contributed by atoms with Crippen molar-refractivity contribution >= 4 is 11.5 Å². The fourth-order valence-corrected chi connectivity index (χ4v) is 2.32. The molecule has 2 rings (SSSR count). The molecular weight excluding hydrogens is 258 g/mol. The number of hydrogen-bond donors (Lipinski definition) is 0. The molecule has 0 radical (unpaired) electrons. The van der Waals surface area contributed by atoms with E-state index in [-0.39, 0.29) is 5.56 Å². The summed E-state index contributed by atoms with van der Waals surface area (Å²) in [5.74, 6) is 0.105. The first-order valence-electron chi connectivity index (χ1n) is 6.73. The number of carbonyl (C=O) groups is 1. The summed E-state index contributed by atoms with van der Waals surface area (Å²) in [4.78, 5) is 23.9. The molecule has 0 N–H and O–H groups in total. The highest BCUT2D eigenvalue weighted by Gasteiger charge is 2.32. The van der Waals surface area contributed by atoms with Gasteiger partial charge in [0.25, 0.3) is 5.56 Å². The summed E-state index contributed by atoms with van der Waals surface area (Å²) < 4.78 is 11.7. The summed E-state index contributed by atoms with van der Waals surface area (Å²) in [5.41, 5.74) is 1.14. The van der Waals surface area contributed by atoms with Crippen LogP contribution in [0.1, 0.15) is 37.9 Å². The van der Waals surface area contributed by atoms with Crippen molar-refractivity contribution in [2.24, 2.45) is 0 Å². The molecule has 20 heavy (non-hydrogen) atoms. The van der Waals surface area contributed by atoms with Gasteiger partial charge in [0.2, 0.25) is 0 Å². The molecule has 5 nitrogen and oxygen atoms in total. The van der Waals surface area contributed by atoms with E-state index >= 15 is 0 Å². The van der Waals surface area contributed by atoms with E-state index in [0.29, 0.717) is 24.5 Å². The van der Waals surface area contributed by atoms with Gasteiger partial charge >= 0.3 is 5.97 Å². The van der Waals surface area contributed by atoms with Crippen molar-refractivity contribution in [3.05, 3.63) is 34.8 Å². The highest BCUT2D eigenvalue weighted by Crippen LogP contribution is 2.34. The lowest BCUT2D eigenvalue weighted by Gasteiger charge is -2.12. The summed E-state index contributed by atoms with van der Waals surface area (Å²) in [6.45, 7) is 6.57. The molecule has 2 heterocycles. The Morgan fingerprint density at radius 2 is 2.25 bits per heavy atom. The van der Waals surface area contributed by atoms with E-state index in [1.54, 1.807) is 6.07 Å². The van der Waals surface area contributed by atoms with Crippen LogP contribution in [0.5, 0.6) is 5.75 Å². The van der Waals surface area contributed by atoms with Gasteiger partial charge in [0.15, 0.2) is 0 Å². The van der Waals surface area contributed by atoms with Crippen LogP contribution in [-0.2, 0) is 9.53 Å². The summed E-state index contributed by atoms with van der Waals surface area (Å²) in [5, 5.41) is 0. The Kier molecular flexibility index (Phi) is 4.27. The number of hydrogen-bond acceptors (Lipinski definition) is 4. The molecule has 0 bridgehead atoms. The monoisotopic (exact) mass is 277 g/mol. The van der Waals surface area contributed by atoms with Crippen molar-refractivity contribution < 1.29 is 14.3 Å². The summed E-state index contributed by atoms with van der Waals surface area (Å²) in [6.07, 6.45) is 2.37. The van der Waals surface area contributed by atoms with Gasteiger partial charge in [0.1, 0.15) is 11.8 Å². The van der Waals surface area contributed by atoms with E-state index in [2.05, 4.69) is 13.5 Å². The van der Waals surface area contributed by atoms with E-state index in [1.807, 2.05) is 0 Å². The fourth-order valence-electron chi connectivity index (χ4n) is 2.32. The molecule has 0 amide bonds. The number of allylic oxidation sites excluding steroid dienone is 1. The summed E-state index contributed by atoms with van der Waals surface area (Å²) >= 11 is 0. The highest BCUT2D eigenvalue weighted by molar-refractivity contribution is 5.81. The Hall–Kier alpha value is -2.04. The normalized spacial score (nSPS) is 16.9. The van der Waals surface area contributed by atoms with Crippen LogP contribution >= 0.6 is 0 Å². The van der Waals surface area contributed by atoms with Crippen LogP contribution in [0.2, 0.25) is 0 Å². The van der Waals surface area contributed by atoms with E-state index in [1.165, 1.54) is 17.7 Å². The second kappa shape index (κ2) is 5.94. The standard InChI is InChI=1S/C15H19NO4/c1-4-5-6-20-11-8-12-10(2)7-13(15(18)19-3)16(12)14(17)9-11/h8-9,13H,2,4-7H2,1,3H3. The van der Waals surface area contributed by atoms with E-state index in [0.717, 1.165) is 18.4 Å². The number of pyridine rings is 1. The van der Waals surface area contributed by atoms with Crippen LogP contribution in [0.3, 0.4) is 0 Å². The zero-order chi connectivity index (χ0) is 14.7. The van der Waals surface area contributed by atoms with Gasteiger partial charge in [-0.1, -0.05) is 19.9 Å². The minimum Gasteiger partial charge on any atom is -0.493 e. The van der Waals surface area contributed by atoms with Gasteiger partial charge in [-0.3, -0.25) is 9.36 Å². The molecule has 1 aliphatic rings. The molecule has 1 aliphatic heterocycles. The lowest BCUT2D eigenvalue weighted by Crippen LogP contribution is -2.28. The smallest absolute Gasteiger partial charge is 0.329 e. The number of unbranched alkanes of at least 4 members (excludes halogenated alkanes) is 1. The SMILES string of the molecule is C=C1CC(C(=O)OC)n2c1cc(OCCCC)cc2=O. The van der Waals surface area contributed by atoms with Crippen molar-refractivity contribution in [3.8, 4) is 5.75 Å². The van der Waals surface area contributed by atoms with Crippen LogP contribution in [-0.4, -0.2) is 24.3 Å². The van der Waals surface area contributed by atoms with E-state index < -0.39 is 12.0 Å². The molecule has 1 unspecified atom stereocenters. The van der Waals surface area contributed by atoms with Crippen LogP contribution in [0.4, 0.5) is 0 Å². The molecule has 108 valence electrons. The maximum absolute atomic E-state index is 12.2. The first-order valence-corrected chi connectivity index (χ1v) is 6.73. The van der Waals surface area contributed by atoms with Gasteiger partial charge in [-0.15, -0.1) is 0 Å². The van der Waals surface area contributed by atoms with Crippen LogP contribution < -0.4 is 10.3 Å². The van der Waals surface area contributed by atoms with E-state index in [9.17, 15) is 9.59 Å². The Morgan fingerprint density at radius 3 is 2.90 bits per heavy atom. The Balaban J connectivity index is 2.33. The van der Waals surface area contributed by atoms with Gasteiger partial charge < -0.3 is 9.47 Å². The molecule has 0 fully saturated rings. The lowest BCUT2D eigenvalue weighted by molar-refractivity contribution is -0.144.